The van der Waals surface area contributed by atoms with Gasteiger partial charge in [-0.25, -0.2) is 4.98 Å². The second kappa shape index (κ2) is 12.6. The average molecular weight is 490 g/mol. The summed E-state index contributed by atoms with van der Waals surface area (Å²) >= 11 is 0. The average Bonchev–Trinajstić information content (AvgIpc) is 2.84. The van der Waals surface area contributed by atoms with Crippen LogP contribution in [0.4, 0.5) is 24.9 Å². The number of fused-ring (bicyclic) bond motifs is 1. The van der Waals surface area contributed by atoms with Crippen molar-refractivity contribution in [1.29, 1.82) is 0 Å². The third-order valence-electron chi connectivity index (χ3n) is 6.16. The van der Waals surface area contributed by atoms with E-state index in [9.17, 15) is 13.2 Å². The van der Waals surface area contributed by atoms with Crippen LogP contribution < -0.4 is 16.0 Å². The molecule has 1 heterocycles. The molecule has 1 aliphatic carbocycles. The lowest BCUT2D eigenvalue weighted by molar-refractivity contribution is -0.303. The van der Waals surface area contributed by atoms with Crippen LogP contribution in [0.15, 0.2) is 60.4 Å². The Bertz CT molecular complexity index is 1040. The lowest BCUT2D eigenvalue weighted by Gasteiger charge is -2.29. The molecule has 1 saturated carbocycles. The van der Waals surface area contributed by atoms with Gasteiger partial charge in [0, 0.05) is 18.5 Å². The first kappa shape index (κ1) is 26.5. The molecule has 1 aliphatic rings. The first-order valence-electron chi connectivity index (χ1n) is 12.0. The smallest absolute Gasteiger partial charge is 0.406 e. The normalized spacial score (nSPS) is 19.5. The van der Waals surface area contributed by atoms with Gasteiger partial charge in [-0.3, -0.25) is 0 Å². The molecule has 0 atom stereocenters. The van der Waals surface area contributed by atoms with Crippen LogP contribution in [0.25, 0.3) is 10.9 Å². The van der Waals surface area contributed by atoms with Crippen LogP contribution in [-0.2, 0) is 4.74 Å². The van der Waals surface area contributed by atoms with E-state index in [1.807, 2.05) is 31.3 Å². The van der Waals surface area contributed by atoms with E-state index in [0.717, 1.165) is 48.9 Å². The molecule has 3 N–H and O–H groups in total. The highest BCUT2D eigenvalue weighted by Crippen LogP contribution is 2.28. The van der Waals surface area contributed by atoms with Gasteiger partial charge in [0.05, 0.1) is 5.52 Å². The Balaban J connectivity index is 1.44. The van der Waals surface area contributed by atoms with Crippen LogP contribution in [0.2, 0.25) is 0 Å². The van der Waals surface area contributed by atoms with Crippen LogP contribution in [-0.4, -0.2) is 42.5 Å². The Labute approximate surface area is 204 Å². The minimum atomic E-state index is -4.71. The van der Waals surface area contributed by atoms with Gasteiger partial charge in [-0.1, -0.05) is 30.9 Å². The van der Waals surface area contributed by atoms with Crippen LogP contribution in [0.5, 0.6) is 0 Å². The van der Waals surface area contributed by atoms with Crippen molar-refractivity contribution in [2.45, 2.75) is 51.4 Å². The molecule has 190 valence electrons. The molecule has 0 bridgehead atoms. The fourth-order valence-corrected chi connectivity index (χ4v) is 4.27. The van der Waals surface area contributed by atoms with Crippen molar-refractivity contribution in [3.05, 3.63) is 60.4 Å². The number of ether oxygens (including phenoxy) is 1. The number of rotatable bonds is 11. The van der Waals surface area contributed by atoms with Gasteiger partial charge in [0.15, 0.2) is 0 Å². The number of anilines is 2. The summed E-state index contributed by atoms with van der Waals surface area (Å²) in [6, 6.07) is 8.25. The largest absolute Gasteiger partial charge is 0.573 e. The number of halogens is 3. The summed E-state index contributed by atoms with van der Waals surface area (Å²) in [5, 5.41) is 11.0. The fourth-order valence-electron chi connectivity index (χ4n) is 4.27. The molecule has 2 aromatic rings. The summed E-state index contributed by atoms with van der Waals surface area (Å²) in [7, 11) is 1.86. The predicted octanol–water partition coefficient (Wildman–Crippen LogP) is 6.17. The zero-order valence-electron chi connectivity index (χ0n) is 20.3. The zero-order valence-corrected chi connectivity index (χ0v) is 20.3. The first-order chi connectivity index (χ1) is 16.8. The van der Waals surface area contributed by atoms with Crippen molar-refractivity contribution < 1.29 is 17.9 Å². The number of allylic oxidation sites excluding steroid dienone is 3. The van der Waals surface area contributed by atoms with Crippen LogP contribution in [0.3, 0.4) is 0 Å². The summed E-state index contributed by atoms with van der Waals surface area (Å²) in [6.45, 7) is 6.58. The maximum Gasteiger partial charge on any atom is 0.573 e. The standard InChI is InChI=1S/C26H34F3N5O/c1-4-5-10-23(35-26(27,28)29)18(2)15-16-31-17-19-11-13-20(14-12-19)32-25-33-22-9-7-6-8-21(22)24(30-3)34-25/h4-10,19-20,31H,1,11-17H2,2-3H3,(H2,30,32,33,34)/b10-5-,23-18-. The van der Waals surface area contributed by atoms with E-state index < -0.39 is 6.36 Å². The lowest BCUT2D eigenvalue weighted by atomic mass is 9.86. The molecule has 0 unspecified atom stereocenters. The number of nitrogens with zero attached hydrogens (tertiary/aromatic N) is 2. The molecule has 0 amide bonds. The Kier molecular flexibility index (Phi) is 9.54. The maximum atomic E-state index is 12.7. The molecule has 1 aromatic heterocycles. The van der Waals surface area contributed by atoms with E-state index in [4.69, 9.17) is 0 Å². The molecule has 0 spiro atoms. The molecule has 35 heavy (non-hydrogen) atoms. The van der Waals surface area contributed by atoms with Crippen LogP contribution >= 0.6 is 0 Å². The minimum Gasteiger partial charge on any atom is -0.406 e. The summed E-state index contributed by atoms with van der Waals surface area (Å²) in [5.41, 5.74) is 1.44. The highest BCUT2D eigenvalue weighted by atomic mass is 19.4. The molecule has 1 fully saturated rings. The second-order valence-electron chi connectivity index (χ2n) is 8.77. The number of alkyl halides is 3. The molecular weight excluding hydrogens is 455 g/mol. The van der Waals surface area contributed by atoms with E-state index in [1.54, 1.807) is 6.92 Å². The van der Waals surface area contributed by atoms with E-state index >= 15 is 0 Å². The van der Waals surface area contributed by atoms with Gasteiger partial charge in [0.1, 0.15) is 11.6 Å². The third kappa shape index (κ3) is 8.28. The van der Waals surface area contributed by atoms with Crippen molar-refractivity contribution in [1.82, 2.24) is 15.3 Å². The molecule has 9 heteroatoms. The topological polar surface area (TPSA) is 71.1 Å². The molecule has 3 rings (SSSR count). The molecule has 0 aliphatic heterocycles. The molecule has 6 nitrogen and oxygen atoms in total. The Morgan fingerprint density at radius 1 is 1.17 bits per heavy atom. The van der Waals surface area contributed by atoms with Crippen molar-refractivity contribution in [3.8, 4) is 0 Å². The number of hydrogen-bond acceptors (Lipinski definition) is 6. The number of benzene rings is 1. The van der Waals surface area contributed by atoms with Gasteiger partial charge in [0.2, 0.25) is 5.95 Å². The summed E-state index contributed by atoms with van der Waals surface area (Å²) < 4.78 is 42.1. The van der Waals surface area contributed by atoms with Crippen molar-refractivity contribution in [3.63, 3.8) is 0 Å². The van der Waals surface area contributed by atoms with E-state index in [1.165, 1.54) is 18.2 Å². The predicted molar refractivity (Wildman–Crippen MR) is 135 cm³/mol. The molecule has 0 radical (unpaired) electrons. The first-order valence-corrected chi connectivity index (χ1v) is 12.0. The van der Waals surface area contributed by atoms with E-state index in [-0.39, 0.29) is 5.76 Å². The van der Waals surface area contributed by atoms with Gasteiger partial charge in [-0.05, 0) is 81.8 Å². The van der Waals surface area contributed by atoms with Gasteiger partial charge in [-0.2, -0.15) is 4.98 Å². The van der Waals surface area contributed by atoms with Crippen LogP contribution in [0, 0.1) is 5.92 Å². The maximum absolute atomic E-state index is 12.7. The van der Waals surface area contributed by atoms with Gasteiger partial charge in [0.25, 0.3) is 0 Å². The Morgan fingerprint density at radius 2 is 1.91 bits per heavy atom. The molecule has 0 saturated heterocycles. The molecular formula is C26H34F3N5O. The monoisotopic (exact) mass is 489 g/mol. The van der Waals surface area contributed by atoms with Gasteiger partial charge < -0.3 is 20.7 Å². The fraction of sp³-hybridized carbons (Fsp3) is 0.462. The molecule has 1 aromatic carbocycles. The Morgan fingerprint density at radius 3 is 2.60 bits per heavy atom. The summed E-state index contributed by atoms with van der Waals surface area (Å²) in [4.78, 5) is 9.28. The van der Waals surface area contributed by atoms with E-state index in [0.29, 0.717) is 36.4 Å². The summed E-state index contributed by atoms with van der Waals surface area (Å²) in [5.74, 6) is 1.81. The highest BCUT2D eigenvalue weighted by molar-refractivity contribution is 5.89. The van der Waals surface area contributed by atoms with Crippen molar-refractivity contribution >= 4 is 22.7 Å². The highest BCUT2D eigenvalue weighted by Gasteiger charge is 2.32. The van der Waals surface area contributed by atoms with Gasteiger partial charge in [-0.15, -0.1) is 13.2 Å². The van der Waals surface area contributed by atoms with Crippen molar-refractivity contribution in [2.75, 3.05) is 30.8 Å². The van der Waals surface area contributed by atoms with E-state index in [2.05, 4.69) is 37.2 Å². The number of hydrogen-bond donors (Lipinski definition) is 3. The lowest BCUT2D eigenvalue weighted by Crippen LogP contribution is -2.32. The van der Waals surface area contributed by atoms with Crippen molar-refractivity contribution in [2.24, 2.45) is 5.92 Å². The Hall–Kier alpha value is -3.07. The summed E-state index contributed by atoms with van der Waals surface area (Å²) in [6.07, 6.45) is 4.08. The van der Waals surface area contributed by atoms with Gasteiger partial charge >= 0.3 is 6.36 Å². The SMILES string of the molecule is C=C/C=C\C(OC(F)(F)F)=C(/C)CCNCC1CCC(Nc2nc(NC)c3ccccc3n2)CC1. The number of nitrogens with one attached hydrogen (secondary N) is 3. The quantitative estimate of drug-likeness (QED) is 0.199. The number of aromatic nitrogens is 2. The minimum absolute atomic E-state index is 0.178. The second-order valence-corrected chi connectivity index (χ2v) is 8.77. The zero-order chi connectivity index (χ0) is 25.3. The van der Waals surface area contributed by atoms with Crippen LogP contribution in [0.1, 0.15) is 39.0 Å². The number of para-hydroxylation sites is 1. The third-order valence-corrected chi connectivity index (χ3v) is 6.16.